The van der Waals surface area contributed by atoms with Crippen LogP contribution in [0, 0.1) is 5.92 Å². The van der Waals surface area contributed by atoms with E-state index in [4.69, 9.17) is 17.3 Å². The zero-order valence-electron chi connectivity index (χ0n) is 14.9. The number of carbonyl (C=O) groups excluding carboxylic acids is 2. The van der Waals surface area contributed by atoms with Gasteiger partial charge in [-0.1, -0.05) is 17.7 Å². The minimum absolute atomic E-state index is 0.104. The molecule has 3 aromatic heterocycles. The van der Waals surface area contributed by atoms with Crippen LogP contribution in [0.5, 0.6) is 0 Å². The highest BCUT2D eigenvalue weighted by Crippen LogP contribution is 2.23. The zero-order chi connectivity index (χ0) is 19.7. The Hall–Kier alpha value is -3.20. The second-order valence-corrected chi connectivity index (χ2v) is 7.03. The smallest absolute Gasteiger partial charge is 0.267 e. The number of pyridine rings is 2. The van der Waals surface area contributed by atoms with Crippen molar-refractivity contribution in [1.29, 1.82) is 0 Å². The topological polar surface area (TPSA) is 119 Å². The van der Waals surface area contributed by atoms with Crippen LogP contribution >= 0.6 is 11.6 Å². The van der Waals surface area contributed by atoms with Gasteiger partial charge in [0.05, 0.1) is 5.02 Å². The predicted octanol–water partition coefficient (Wildman–Crippen LogP) is 1.73. The van der Waals surface area contributed by atoms with Crippen molar-refractivity contribution in [3.63, 3.8) is 0 Å². The summed E-state index contributed by atoms with van der Waals surface area (Å²) in [5.41, 5.74) is 6.13. The summed E-state index contributed by atoms with van der Waals surface area (Å²) in [7, 11) is 0. The number of aromatic nitrogens is 4. The van der Waals surface area contributed by atoms with Gasteiger partial charge in [-0.3, -0.25) is 19.3 Å². The molecule has 1 aliphatic heterocycles. The molecular weight excluding hydrogens is 382 g/mol. The number of carbonyl (C=O) groups is 2. The summed E-state index contributed by atoms with van der Waals surface area (Å²) in [6.07, 6.45) is 2.98. The third kappa shape index (κ3) is 3.61. The second kappa shape index (κ2) is 7.43. The van der Waals surface area contributed by atoms with Crippen LogP contribution in [0.25, 0.3) is 5.65 Å². The third-order valence-electron chi connectivity index (χ3n) is 4.78. The van der Waals surface area contributed by atoms with Gasteiger partial charge in [0.2, 0.25) is 11.9 Å². The quantitative estimate of drug-likeness (QED) is 0.689. The van der Waals surface area contributed by atoms with Crippen molar-refractivity contribution >= 4 is 40.8 Å². The van der Waals surface area contributed by atoms with Gasteiger partial charge in [-0.2, -0.15) is 0 Å². The number of halogens is 1. The fourth-order valence-corrected chi connectivity index (χ4v) is 3.43. The van der Waals surface area contributed by atoms with Crippen molar-refractivity contribution in [2.75, 3.05) is 23.3 Å². The fraction of sp³-hybridized carbons (Fsp3) is 0.278. The molecule has 0 saturated carbocycles. The number of nitrogens with two attached hydrogens (primary N) is 1. The fourth-order valence-electron chi connectivity index (χ4n) is 3.27. The predicted molar refractivity (Wildman–Crippen MR) is 104 cm³/mol. The molecule has 0 aliphatic carbocycles. The molecule has 0 spiro atoms. The van der Waals surface area contributed by atoms with E-state index in [0.717, 1.165) is 0 Å². The number of rotatable bonds is 4. The lowest BCUT2D eigenvalue weighted by atomic mass is 9.96. The zero-order valence-corrected chi connectivity index (χ0v) is 15.6. The third-order valence-corrected chi connectivity index (χ3v) is 5.00. The lowest BCUT2D eigenvalue weighted by molar-refractivity contribution is -0.120. The van der Waals surface area contributed by atoms with E-state index < -0.39 is 5.91 Å². The molecule has 1 fully saturated rings. The highest BCUT2D eigenvalue weighted by Gasteiger charge is 2.27. The first-order valence-electron chi connectivity index (χ1n) is 8.84. The van der Waals surface area contributed by atoms with Crippen molar-refractivity contribution in [2.24, 2.45) is 11.7 Å². The molecule has 0 atom stereocenters. The van der Waals surface area contributed by atoms with E-state index >= 15 is 0 Å². The molecular formula is C18H18ClN7O2. The highest BCUT2D eigenvalue weighted by molar-refractivity contribution is 6.30. The molecule has 28 heavy (non-hydrogen) atoms. The summed E-state index contributed by atoms with van der Waals surface area (Å²) in [5, 5.41) is 11.4. The van der Waals surface area contributed by atoms with E-state index in [9.17, 15) is 9.59 Å². The van der Waals surface area contributed by atoms with Crippen LogP contribution < -0.4 is 16.0 Å². The highest BCUT2D eigenvalue weighted by atomic mass is 35.5. The van der Waals surface area contributed by atoms with Gasteiger partial charge in [-0.15, -0.1) is 10.2 Å². The monoisotopic (exact) mass is 399 g/mol. The van der Waals surface area contributed by atoms with Crippen LogP contribution in [-0.4, -0.2) is 44.5 Å². The van der Waals surface area contributed by atoms with E-state index in [0.29, 0.717) is 48.4 Å². The molecule has 2 amide bonds. The van der Waals surface area contributed by atoms with Gasteiger partial charge in [0.15, 0.2) is 5.65 Å². The molecule has 3 aromatic rings. The van der Waals surface area contributed by atoms with Crippen LogP contribution in [0.2, 0.25) is 5.02 Å². The normalized spacial score (nSPS) is 15.0. The first-order valence-corrected chi connectivity index (χ1v) is 9.22. The number of amides is 2. The molecule has 1 saturated heterocycles. The van der Waals surface area contributed by atoms with Crippen molar-refractivity contribution in [1.82, 2.24) is 19.6 Å². The van der Waals surface area contributed by atoms with E-state index in [1.807, 2.05) is 11.0 Å². The SMILES string of the molecule is NC(=O)c1cccc(N2CCC(C(=O)Nc3nnc4ccc(Cl)cn34)CC2)n1. The summed E-state index contributed by atoms with van der Waals surface area (Å²) >= 11 is 6.01. The molecule has 4 rings (SSSR count). The van der Waals surface area contributed by atoms with E-state index in [-0.39, 0.29) is 17.5 Å². The number of anilines is 2. The van der Waals surface area contributed by atoms with Gasteiger partial charge in [-0.25, -0.2) is 4.98 Å². The average molecular weight is 400 g/mol. The molecule has 144 valence electrons. The van der Waals surface area contributed by atoms with E-state index in [1.54, 1.807) is 34.9 Å². The Morgan fingerprint density at radius 1 is 1.14 bits per heavy atom. The van der Waals surface area contributed by atoms with Gasteiger partial charge in [-0.05, 0) is 37.1 Å². The molecule has 9 nitrogen and oxygen atoms in total. The Labute approximate surface area is 165 Å². The molecule has 0 unspecified atom stereocenters. The standard InChI is InChI=1S/C18H18ClN7O2/c19-12-4-5-15-23-24-18(26(15)10-12)22-17(28)11-6-8-25(9-7-11)14-3-1-2-13(21-14)16(20)27/h1-5,10-11H,6-9H2,(H2,20,27)(H,22,24,28). The van der Waals surface area contributed by atoms with Crippen molar-refractivity contribution < 1.29 is 9.59 Å². The van der Waals surface area contributed by atoms with Gasteiger partial charge >= 0.3 is 0 Å². The van der Waals surface area contributed by atoms with Crippen LogP contribution in [0.3, 0.4) is 0 Å². The molecule has 0 bridgehead atoms. The number of piperidine rings is 1. The summed E-state index contributed by atoms with van der Waals surface area (Å²) in [4.78, 5) is 30.3. The van der Waals surface area contributed by atoms with Crippen molar-refractivity contribution in [3.8, 4) is 0 Å². The molecule has 3 N–H and O–H groups in total. The molecule has 10 heteroatoms. The van der Waals surface area contributed by atoms with Crippen LogP contribution in [-0.2, 0) is 4.79 Å². The Bertz CT molecular complexity index is 1040. The largest absolute Gasteiger partial charge is 0.364 e. The first kappa shape index (κ1) is 18.2. The number of primary amides is 1. The summed E-state index contributed by atoms with van der Waals surface area (Å²) in [6.45, 7) is 1.30. The number of fused-ring (bicyclic) bond motifs is 1. The molecule has 0 radical (unpaired) electrons. The van der Waals surface area contributed by atoms with Gasteiger partial charge in [0.1, 0.15) is 11.5 Å². The summed E-state index contributed by atoms with van der Waals surface area (Å²) in [6, 6.07) is 8.62. The number of nitrogens with zero attached hydrogens (tertiary/aromatic N) is 5. The number of hydrogen-bond acceptors (Lipinski definition) is 6. The molecule has 1 aliphatic rings. The van der Waals surface area contributed by atoms with E-state index in [2.05, 4.69) is 20.5 Å². The van der Waals surface area contributed by atoms with Crippen LogP contribution in [0.15, 0.2) is 36.5 Å². The Morgan fingerprint density at radius 2 is 1.93 bits per heavy atom. The Balaban J connectivity index is 1.40. The first-order chi connectivity index (χ1) is 13.5. The molecule has 0 aromatic carbocycles. The average Bonchev–Trinajstić information content (AvgIpc) is 3.10. The lowest BCUT2D eigenvalue weighted by Gasteiger charge is -2.32. The maximum Gasteiger partial charge on any atom is 0.267 e. The number of hydrogen-bond donors (Lipinski definition) is 2. The minimum atomic E-state index is -0.559. The molecule has 4 heterocycles. The summed E-state index contributed by atoms with van der Waals surface area (Å²) in [5.74, 6) is 0.223. The number of nitrogens with one attached hydrogen (secondary N) is 1. The van der Waals surface area contributed by atoms with E-state index in [1.165, 1.54) is 0 Å². The summed E-state index contributed by atoms with van der Waals surface area (Å²) < 4.78 is 1.65. The van der Waals surface area contributed by atoms with Crippen molar-refractivity contribution in [3.05, 3.63) is 47.2 Å². The van der Waals surface area contributed by atoms with Gasteiger partial charge in [0.25, 0.3) is 5.91 Å². The second-order valence-electron chi connectivity index (χ2n) is 6.59. The Kier molecular flexibility index (Phi) is 4.82. The van der Waals surface area contributed by atoms with Gasteiger partial charge < -0.3 is 10.6 Å². The maximum atomic E-state index is 12.7. The van der Waals surface area contributed by atoms with Gasteiger partial charge in [0, 0.05) is 25.2 Å². The lowest BCUT2D eigenvalue weighted by Crippen LogP contribution is -2.39. The minimum Gasteiger partial charge on any atom is -0.364 e. The van der Waals surface area contributed by atoms with Crippen LogP contribution in [0.4, 0.5) is 11.8 Å². The van der Waals surface area contributed by atoms with Crippen LogP contribution in [0.1, 0.15) is 23.3 Å². The maximum absolute atomic E-state index is 12.7. The van der Waals surface area contributed by atoms with Crippen molar-refractivity contribution in [2.45, 2.75) is 12.8 Å². The Morgan fingerprint density at radius 3 is 2.68 bits per heavy atom.